The lowest BCUT2D eigenvalue weighted by Gasteiger charge is -2.44. The fourth-order valence-corrected chi connectivity index (χ4v) is 8.83. The standard InChI is InChI=1S/C61H78N2O4/c1-43(2)57(51-21-17-15-18-22-51)62(59(7,8)9)66-45(5)49-29-25-47(26-30-49)41-64-55-37-33-53(34-38-55)61(13,14)54-35-39-56(40-36-54)65-42-48-27-31-50(32-28-48)46(6)67-63(60(10,11)12)58(44(3)4)52-23-19-16-20-24-52/h15-40,43-46,57-58H,41-42H2,1-14H3/t45?,46?,57-,58?/m1/s1. The van der Waals surface area contributed by atoms with Crippen LogP contribution >= 0.6 is 0 Å². The van der Waals surface area contributed by atoms with E-state index < -0.39 is 0 Å². The molecule has 0 N–H and O–H groups in total. The molecule has 0 amide bonds. The highest BCUT2D eigenvalue weighted by molar-refractivity contribution is 5.42. The molecule has 6 nitrogen and oxygen atoms in total. The Morgan fingerprint density at radius 2 is 0.687 bits per heavy atom. The third kappa shape index (κ3) is 13.5. The van der Waals surface area contributed by atoms with Crippen molar-refractivity contribution in [2.75, 3.05) is 0 Å². The van der Waals surface area contributed by atoms with Crippen molar-refractivity contribution < 1.29 is 19.1 Å². The largest absolute Gasteiger partial charge is 0.489 e. The molecular weight excluding hydrogens is 825 g/mol. The molecule has 0 fully saturated rings. The average molecular weight is 903 g/mol. The maximum Gasteiger partial charge on any atom is 0.119 e. The van der Waals surface area contributed by atoms with Crippen molar-refractivity contribution >= 4 is 0 Å². The lowest BCUT2D eigenvalue weighted by molar-refractivity contribution is -0.272. The van der Waals surface area contributed by atoms with Crippen molar-refractivity contribution in [1.29, 1.82) is 0 Å². The van der Waals surface area contributed by atoms with Crippen LogP contribution in [-0.4, -0.2) is 21.2 Å². The minimum absolute atomic E-state index is 0.118. The van der Waals surface area contributed by atoms with Gasteiger partial charge in [0.05, 0.1) is 12.1 Å². The minimum Gasteiger partial charge on any atom is -0.489 e. The molecule has 3 unspecified atom stereocenters. The number of ether oxygens (including phenoxy) is 2. The predicted molar refractivity (Wildman–Crippen MR) is 277 cm³/mol. The Labute approximate surface area is 404 Å². The van der Waals surface area contributed by atoms with Crippen LogP contribution in [0.25, 0.3) is 0 Å². The molecule has 4 atom stereocenters. The number of rotatable bonds is 20. The van der Waals surface area contributed by atoms with Crippen LogP contribution in [0.5, 0.6) is 11.5 Å². The van der Waals surface area contributed by atoms with Crippen LogP contribution in [0.1, 0.15) is 166 Å². The van der Waals surface area contributed by atoms with Crippen LogP contribution in [0.4, 0.5) is 0 Å². The number of nitrogens with zero attached hydrogens (tertiary/aromatic N) is 2. The van der Waals surface area contributed by atoms with Gasteiger partial charge in [-0.3, -0.25) is 9.68 Å². The second-order valence-corrected chi connectivity index (χ2v) is 21.4. The van der Waals surface area contributed by atoms with E-state index in [2.05, 4.69) is 265 Å². The molecule has 67 heavy (non-hydrogen) atoms. The van der Waals surface area contributed by atoms with E-state index in [4.69, 9.17) is 19.1 Å². The van der Waals surface area contributed by atoms with Crippen LogP contribution in [0.2, 0.25) is 0 Å². The smallest absolute Gasteiger partial charge is 0.119 e. The molecular formula is C61H78N2O4. The number of hydrogen-bond donors (Lipinski definition) is 0. The van der Waals surface area contributed by atoms with Gasteiger partial charge in [-0.25, -0.2) is 0 Å². The summed E-state index contributed by atoms with van der Waals surface area (Å²) in [4.78, 5) is 13.6. The summed E-state index contributed by atoms with van der Waals surface area (Å²) >= 11 is 0. The van der Waals surface area contributed by atoms with Crippen LogP contribution < -0.4 is 9.47 Å². The lowest BCUT2D eigenvalue weighted by Crippen LogP contribution is -2.46. The highest BCUT2D eigenvalue weighted by atomic mass is 16.7. The molecule has 0 radical (unpaired) electrons. The summed E-state index contributed by atoms with van der Waals surface area (Å²) in [6, 6.07) is 55.8. The van der Waals surface area contributed by atoms with Gasteiger partial charge in [0.15, 0.2) is 0 Å². The van der Waals surface area contributed by atoms with Crippen molar-refractivity contribution in [3.63, 3.8) is 0 Å². The predicted octanol–water partition coefficient (Wildman–Crippen LogP) is 16.2. The van der Waals surface area contributed by atoms with Gasteiger partial charge in [-0.05, 0) is 136 Å². The van der Waals surface area contributed by atoms with Crippen LogP contribution in [0.3, 0.4) is 0 Å². The lowest BCUT2D eigenvalue weighted by atomic mass is 9.78. The van der Waals surface area contributed by atoms with Crippen molar-refractivity contribution in [1.82, 2.24) is 10.1 Å². The third-order valence-corrected chi connectivity index (χ3v) is 12.8. The van der Waals surface area contributed by atoms with Gasteiger partial charge in [-0.1, -0.05) is 175 Å². The molecule has 0 spiro atoms. The Bertz CT molecular complexity index is 2210. The molecule has 0 aliphatic heterocycles. The van der Waals surface area contributed by atoms with E-state index in [1.165, 1.54) is 22.3 Å². The molecule has 0 aliphatic rings. The van der Waals surface area contributed by atoms with Crippen molar-refractivity contribution in [3.8, 4) is 11.5 Å². The molecule has 6 aromatic carbocycles. The van der Waals surface area contributed by atoms with Crippen molar-refractivity contribution in [3.05, 3.63) is 202 Å². The topological polar surface area (TPSA) is 43.4 Å². The highest BCUT2D eigenvalue weighted by Gasteiger charge is 2.36. The fourth-order valence-electron chi connectivity index (χ4n) is 8.83. The summed E-state index contributed by atoms with van der Waals surface area (Å²) in [5.74, 6) is 2.42. The van der Waals surface area contributed by atoms with Crippen LogP contribution in [-0.2, 0) is 28.3 Å². The summed E-state index contributed by atoms with van der Waals surface area (Å²) < 4.78 is 12.5. The Hall–Kier alpha value is -5.24. The molecule has 6 rings (SSSR count). The van der Waals surface area contributed by atoms with Gasteiger partial charge in [0.1, 0.15) is 36.9 Å². The Kier molecular flexibility index (Phi) is 17.0. The Morgan fingerprint density at radius 1 is 0.373 bits per heavy atom. The van der Waals surface area contributed by atoms with Gasteiger partial charge in [-0.15, -0.1) is 0 Å². The number of hydrogen-bond acceptors (Lipinski definition) is 6. The molecule has 0 saturated carbocycles. The summed E-state index contributed by atoms with van der Waals surface area (Å²) in [6.45, 7) is 32.1. The van der Waals surface area contributed by atoms with E-state index >= 15 is 0 Å². The normalized spacial score (nSPS) is 14.4. The fraction of sp³-hybridized carbons (Fsp3) is 0.410. The van der Waals surface area contributed by atoms with Gasteiger partial charge < -0.3 is 9.47 Å². The zero-order chi connectivity index (χ0) is 48.5. The average Bonchev–Trinajstić information content (AvgIpc) is 3.30. The first-order chi connectivity index (χ1) is 31.7. The molecule has 6 aromatic rings. The van der Waals surface area contributed by atoms with E-state index in [0.29, 0.717) is 25.0 Å². The van der Waals surface area contributed by atoms with Gasteiger partial charge >= 0.3 is 0 Å². The summed E-state index contributed by atoms with van der Waals surface area (Å²) in [5, 5.41) is 4.39. The van der Waals surface area contributed by atoms with Gasteiger partial charge in [-0.2, -0.15) is 10.1 Å². The van der Waals surface area contributed by atoms with E-state index in [1.54, 1.807) is 0 Å². The van der Waals surface area contributed by atoms with E-state index in [1.807, 2.05) is 0 Å². The highest BCUT2D eigenvalue weighted by Crippen LogP contribution is 2.39. The maximum absolute atomic E-state index is 6.79. The first-order valence-electron chi connectivity index (χ1n) is 24.4. The zero-order valence-electron chi connectivity index (χ0n) is 42.9. The molecule has 0 bridgehead atoms. The van der Waals surface area contributed by atoms with Crippen LogP contribution in [0, 0.1) is 11.8 Å². The van der Waals surface area contributed by atoms with E-state index in [9.17, 15) is 0 Å². The van der Waals surface area contributed by atoms with Crippen molar-refractivity contribution in [2.45, 2.75) is 151 Å². The molecule has 6 heteroatoms. The van der Waals surface area contributed by atoms with Gasteiger partial charge in [0.2, 0.25) is 0 Å². The SMILES string of the molecule is CC(ON(C(c1ccccc1)C(C)C)C(C)(C)C)c1ccc(COc2ccc(C(C)(C)c3ccc(OCc4ccc(C(C)ON([C@@H](c5ccccc5)C(C)C)C(C)(C)C)cc4)cc3)cc2)cc1. The number of benzene rings is 6. The van der Waals surface area contributed by atoms with Crippen molar-refractivity contribution in [2.24, 2.45) is 11.8 Å². The van der Waals surface area contributed by atoms with E-state index in [0.717, 1.165) is 33.8 Å². The third-order valence-electron chi connectivity index (χ3n) is 12.8. The number of hydroxylamine groups is 4. The maximum atomic E-state index is 6.79. The molecule has 0 heterocycles. The molecule has 0 saturated heterocycles. The van der Waals surface area contributed by atoms with Gasteiger partial charge in [0.25, 0.3) is 0 Å². The first-order valence-corrected chi connectivity index (χ1v) is 24.4. The van der Waals surface area contributed by atoms with Gasteiger partial charge in [0, 0.05) is 16.5 Å². The molecule has 0 aliphatic carbocycles. The zero-order valence-corrected chi connectivity index (χ0v) is 42.9. The first kappa shape index (κ1) is 51.2. The second kappa shape index (κ2) is 22.2. The Morgan fingerprint density at radius 3 is 0.970 bits per heavy atom. The van der Waals surface area contributed by atoms with E-state index in [-0.39, 0.29) is 40.8 Å². The summed E-state index contributed by atoms with van der Waals surface area (Å²) in [7, 11) is 0. The quantitative estimate of drug-likeness (QED) is 0.0711. The second-order valence-electron chi connectivity index (χ2n) is 21.4. The monoisotopic (exact) mass is 903 g/mol. The Balaban J connectivity index is 0.999. The summed E-state index contributed by atoms with van der Waals surface area (Å²) in [6.07, 6.45) is -0.235. The molecule has 356 valence electrons. The summed E-state index contributed by atoms with van der Waals surface area (Å²) in [5.41, 5.74) is 8.83. The molecule has 0 aromatic heterocycles. The van der Waals surface area contributed by atoms with Crippen LogP contribution in [0.15, 0.2) is 158 Å². The minimum atomic E-state index is -0.210.